The molecule has 122 valence electrons. The number of nitrogens with one attached hydrogen (secondary N) is 2. The molecule has 0 aromatic rings. The van der Waals surface area contributed by atoms with Gasteiger partial charge in [0.15, 0.2) is 6.54 Å². The predicted octanol–water partition coefficient (Wildman–Crippen LogP) is -0.585. The smallest absolute Gasteiger partial charge is 0.275 e. The van der Waals surface area contributed by atoms with Crippen molar-refractivity contribution in [2.24, 2.45) is 17.3 Å². The third-order valence-corrected chi connectivity index (χ3v) is 6.42. The maximum atomic E-state index is 12.3. The molecule has 1 amide bonds. The second-order valence-corrected chi connectivity index (χ2v) is 8.27. The van der Waals surface area contributed by atoms with Crippen LogP contribution >= 0.6 is 0 Å². The second-order valence-electron chi connectivity index (χ2n) is 8.27. The van der Waals surface area contributed by atoms with Gasteiger partial charge in [-0.05, 0) is 43.4 Å². The quantitative estimate of drug-likeness (QED) is 0.541. The van der Waals surface area contributed by atoms with Gasteiger partial charge in [-0.25, -0.2) is 0 Å². The molecule has 4 N–H and O–H groups in total. The van der Waals surface area contributed by atoms with E-state index in [9.17, 15) is 4.79 Å². The van der Waals surface area contributed by atoms with Crippen LogP contribution in [0.15, 0.2) is 0 Å². The van der Waals surface area contributed by atoms with Crippen LogP contribution in [0.5, 0.6) is 0 Å². The van der Waals surface area contributed by atoms with Crippen LogP contribution < -0.4 is 15.5 Å². The highest BCUT2D eigenvalue weighted by Gasteiger charge is 2.60. The van der Waals surface area contributed by atoms with Crippen molar-refractivity contribution in [3.05, 3.63) is 0 Å². The van der Waals surface area contributed by atoms with Gasteiger partial charge < -0.3 is 15.5 Å². The lowest BCUT2D eigenvalue weighted by molar-refractivity contribution is -0.860. The van der Waals surface area contributed by atoms with Crippen molar-refractivity contribution < 1.29 is 15.0 Å². The largest absolute Gasteiger partial charge is 0.345 e. The molecule has 0 aromatic carbocycles. The highest BCUT2D eigenvalue weighted by Crippen LogP contribution is 2.61. The van der Waals surface area contributed by atoms with Crippen LogP contribution in [0.2, 0.25) is 0 Å². The summed E-state index contributed by atoms with van der Waals surface area (Å²) >= 11 is 0. The normalized spacial score (nSPS) is 33.6. The van der Waals surface area contributed by atoms with E-state index < -0.39 is 0 Å². The van der Waals surface area contributed by atoms with Crippen LogP contribution in [0.4, 0.5) is 0 Å². The summed E-state index contributed by atoms with van der Waals surface area (Å²) in [7, 11) is 4.34. The van der Waals surface area contributed by atoms with Gasteiger partial charge in [-0.1, -0.05) is 13.8 Å². The summed E-state index contributed by atoms with van der Waals surface area (Å²) in [4.78, 5) is 13.8. The van der Waals surface area contributed by atoms with E-state index in [0.717, 1.165) is 12.5 Å². The molecule has 0 aromatic heterocycles. The van der Waals surface area contributed by atoms with Gasteiger partial charge in [0, 0.05) is 12.0 Å². The standard InChI is InChI=1S/C17H33N3O/c1-16(2)13-7-8-14(11-13)17(16,3)19-15(21)12-18-9-6-10-20(4)5/h13-14,18H,6-12H2,1-5H3,(H,19,21)/p+2/t13-,14+,17-/m1/s1. The van der Waals surface area contributed by atoms with Gasteiger partial charge >= 0.3 is 0 Å². The van der Waals surface area contributed by atoms with Crippen LogP contribution in [0.3, 0.4) is 0 Å². The number of quaternary nitrogens is 2. The number of carbonyl (C=O) groups excluding carboxylic acids is 1. The summed E-state index contributed by atoms with van der Waals surface area (Å²) < 4.78 is 0. The van der Waals surface area contributed by atoms with Gasteiger partial charge in [-0.15, -0.1) is 0 Å². The van der Waals surface area contributed by atoms with Gasteiger partial charge in [0.05, 0.1) is 27.2 Å². The fraction of sp³-hybridized carbons (Fsp3) is 0.941. The molecule has 2 aliphatic carbocycles. The summed E-state index contributed by atoms with van der Waals surface area (Å²) in [6, 6.07) is 0. The minimum atomic E-state index is -0.00533. The van der Waals surface area contributed by atoms with Gasteiger partial charge in [-0.3, -0.25) is 4.79 Å². The van der Waals surface area contributed by atoms with E-state index in [0.29, 0.717) is 12.5 Å². The molecule has 2 bridgehead atoms. The van der Waals surface area contributed by atoms with Gasteiger partial charge in [-0.2, -0.15) is 0 Å². The average Bonchev–Trinajstić information content (AvgIpc) is 2.92. The lowest BCUT2D eigenvalue weighted by Crippen LogP contribution is -3.06. The summed E-state index contributed by atoms with van der Waals surface area (Å²) in [5.74, 6) is 1.69. The minimum Gasteiger partial charge on any atom is -0.345 e. The van der Waals surface area contributed by atoms with Crippen LogP contribution in [-0.2, 0) is 4.79 Å². The monoisotopic (exact) mass is 297 g/mol. The highest BCUT2D eigenvalue weighted by atomic mass is 16.2. The number of fused-ring (bicyclic) bond motifs is 2. The zero-order valence-corrected chi connectivity index (χ0v) is 14.6. The summed E-state index contributed by atoms with van der Waals surface area (Å²) in [5.41, 5.74) is 0.231. The SMILES string of the molecule is C[NH+](C)CCC[NH2+]CC(=O)N[C@]1(C)[C@H]2CC[C@H](C2)C1(C)C. The number of amides is 1. The highest BCUT2D eigenvalue weighted by molar-refractivity contribution is 5.77. The molecule has 0 spiro atoms. The van der Waals surface area contributed by atoms with Crippen molar-refractivity contribution in [2.45, 2.75) is 52.0 Å². The Morgan fingerprint density at radius 3 is 2.48 bits per heavy atom. The zero-order chi connectivity index (χ0) is 15.7. The lowest BCUT2D eigenvalue weighted by Gasteiger charge is -2.48. The molecule has 0 aliphatic heterocycles. The third kappa shape index (κ3) is 3.26. The van der Waals surface area contributed by atoms with Crippen molar-refractivity contribution in [3.63, 3.8) is 0 Å². The summed E-state index contributed by atoms with van der Waals surface area (Å²) in [6.45, 7) is 9.77. The number of hydrogen-bond acceptors (Lipinski definition) is 1. The molecular weight excluding hydrogens is 262 g/mol. The topological polar surface area (TPSA) is 50.2 Å². The maximum Gasteiger partial charge on any atom is 0.275 e. The summed E-state index contributed by atoms with van der Waals surface area (Å²) in [6.07, 6.45) is 5.12. The van der Waals surface area contributed by atoms with E-state index in [1.54, 1.807) is 0 Å². The molecule has 2 saturated carbocycles. The van der Waals surface area contributed by atoms with Gasteiger partial charge in [0.2, 0.25) is 0 Å². The first-order valence-corrected chi connectivity index (χ1v) is 8.69. The maximum absolute atomic E-state index is 12.3. The van der Waals surface area contributed by atoms with E-state index in [1.807, 2.05) is 0 Å². The Kier molecular flexibility index (Phi) is 4.99. The predicted molar refractivity (Wildman–Crippen MR) is 85.1 cm³/mol. The third-order valence-electron chi connectivity index (χ3n) is 6.42. The van der Waals surface area contributed by atoms with Crippen molar-refractivity contribution in [2.75, 3.05) is 33.7 Å². The molecule has 0 saturated heterocycles. The first-order valence-electron chi connectivity index (χ1n) is 8.69. The first-order chi connectivity index (χ1) is 9.77. The molecule has 0 unspecified atom stereocenters. The van der Waals surface area contributed by atoms with Crippen LogP contribution in [0.25, 0.3) is 0 Å². The molecule has 0 radical (unpaired) electrons. The molecule has 4 nitrogen and oxygen atoms in total. The van der Waals surface area contributed by atoms with Crippen molar-refractivity contribution in [3.8, 4) is 0 Å². The van der Waals surface area contributed by atoms with Crippen molar-refractivity contribution >= 4 is 5.91 Å². The van der Waals surface area contributed by atoms with E-state index in [-0.39, 0.29) is 16.9 Å². The molecular formula is C17H35N3O+2. The molecule has 2 rings (SSSR count). The Labute approximate surface area is 130 Å². The average molecular weight is 297 g/mol. The van der Waals surface area contributed by atoms with Gasteiger partial charge in [0.1, 0.15) is 0 Å². The molecule has 0 heterocycles. The molecule has 4 heteroatoms. The number of carbonyl (C=O) groups is 1. The van der Waals surface area contributed by atoms with Crippen molar-refractivity contribution in [1.82, 2.24) is 5.32 Å². The fourth-order valence-electron chi connectivity index (χ4n) is 4.55. The fourth-order valence-corrected chi connectivity index (χ4v) is 4.55. The minimum absolute atomic E-state index is 0.00533. The van der Waals surface area contributed by atoms with E-state index in [4.69, 9.17) is 0 Å². The molecule has 2 aliphatic rings. The Morgan fingerprint density at radius 2 is 1.90 bits per heavy atom. The van der Waals surface area contributed by atoms with Crippen LogP contribution in [0, 0.1) is 17.3 Å². The number of rotatable bonds is 7. The van der Waals surface area contributed by atoms with Gasteiger partial charge in [0.25, 0.3) is 5.91 Å². The van der Waals surface area contributed by atoms with Crippen LogP contribution in [0.1, 0.15) is 46.5 Å². The molecule has 3 atom stereocenters. The Hall–Kier alpha value is -0.610. The first kappa shape index (κ1) is 16.8. The van der Waals surface area contributed by atoms with E-state index in [1.165, 1.54) is 37.1 Å². The molecule has 21 heavy (non-hydrogen) atoms. The summed E-state index contributed by atoms with van der Waals surface area (Å²) in [5, 5.41) is 5.56. The van der Waals surface area contributed by atoms with E-state index >= 15 is 0 Å². The van der Waals surface area contributed by atoms with Crippen LogP contribution in [-0.4, -0.2) is 45.2 Å². The number of hydrogen-bond donors (Lipinski definition) is 3. The Balaban J connectivity index is 1.77. The van der Waals surface area contributed by atoms with E-state index in [2.05, 4.69) is 45.5 Å². The zero-order valence-electron chi connectivity index (χ0n) is 14.6. The second kappa shape index (κ2) is 6.25. The number of nitrogens with two attached hydrogens (primary N) is 1. The lowest BCUT2D eigenvalue weighted by atomic mass is 9.64. The Bertz CT molecular complexity index is 380. The van der Waals surface area contributed by atoms with Crippen molar-refractivity contribution in [1.29, 1.82) is 0 Å². The Morgan fingerprint density at radius 1 is 1.24 bits per heavy atom. The molecule has 2 fully saturated rings.